The number of halogens is 1. The van der Waals surface area contributed by atoms with Crippen LogP contribution in [0.2, 0.25) is 0 Å². The molecular weight excluding hydrogens is 312 g/mol. The first-order valence-corrected chi connectivity index (χ1v) is 7.02. The topological polar surface area (TPSA) is 45.0 Å². The second kappa shape index (κ2) is 6.43. The summed E-state index contributed by atoms with van der Waals surface area (Å²) >= 11 is 5.13. The molecule has 0 amide bonds. The number of thiophene rings is 1. The van der Waals surface area contributed by atoms with Crippen LogP contribution in [0.4, 0.5) is 5.69 Å². The smallest absolute Gasteiger partial charge is 0.174 e. The molecule has 2 aromatic rings. The molecule has 92 valence electrons. The number of anilines is 1. The number of nitrogens with zero attached hydrogens (tertiary/aromatic N) is 1. The molecule has 1 aromatic carbocycles. The lowest BCUT2D eigenvalue weighted by Gasteiger charge is -2.07. The number of rotatable bonds is 5. The lowest BCUT2D eigenvalue weighted by atomic mass is 10.3. The van der Waals surface area contributed by atoms with Crippen molar-refractivity contribution in [2.24, 2.45) is 0 Å². The first kappa shape index (κ1) is 12.9. The summed E-state index contributed by atoms with van der Waals surface area (Å²) in [6.45, 7) is 0.847. The number of nitriles is 1. The van der Waals surface area contributed by atoms with E-state index in [4.69, 9.17) is 10.00 Å². The van der Waals surface area contributed by atoms with Gasteiger partial charge < -0.3 is 10.1 Å². The fourth-order valence-corrected chi connectivity index (χ4v) is 2.84. The molecule has 0 aliphatic carbocycles. The zero-order valence-corrected chi connectivity index (χ0v) is 11.9. The molecule has 18 heavy (non-hydrogen) atoms. The van der Waals surface area contributed by atoms with Gasteiger partial charge in [0.15, 0.2) is 6.61 Å². The van der Waals surface area contributed by atoms with Gasteiger partial charge in [-0.15, -0.1) is 11.3 Å². The first-order chi connectivity index (χ1) is 8.78. The Balaban J connectivity index is 1.95. The third kappa shape index (κ3) is 3.76. The number of hydrogen-bond donors (Lipinski definition) is 1. The molecule has 3 nitrogen and oxygen atoms in total. The molecule has 0 saturated heterocycles. The van der Waals surface area contributed by atoms with Gasteiger partial charge in [-0.2, -0.15) is 5.26 Å². The number of hydrogen-bond acceptors (Lipinski definition) is 4. The molecule has 0 atom stereocenters. The predicted octanol–water partition coefficient (Wildman–Crippen LogP) is 4.03. The molecular formula is C13H11BrN2OS. The SMILES string of the molecule is N#CCOc1cccc(NCc2cc(Br)cs2)c1. The average molecular weight is 323 g/mol. The van der Waals surface area contributed by atoms with Crippen LogP contribution in [0.5, 0.6) is 5.75 Å². The van der Waals surface area contributed by atoms with Crippen LogP contribution in [0, 0.1) is 11.3 Å². The van der Waals surface area contributed by atoms with E-state index in [1.54, 1.807) is 11.3 Å². The molecule has 0 unspecified atom stereocenters. The lowest BCUT2D eigenvalue weighted by molar-refractivity contribution is 0.368. The third-order valence-electron chi connectivity index (χ3n) is 2.23. The third-order valence-corrected chi connectivity index (χ3v) is 3.92. The van der Waals surface area contributed by atoms with Crippen LogP contribution in [0.1, 0.15) is 4.88 Å². The molecule has 0 saturated carbocycles. The van der Waals surface area contributed by atoms with Crippen LogP contribution in [-0.4, -0.2) is 6.61 Å². The summed E-state index contributed by atoms with van der Waals surface area (Å²) in [5, 5.41) is 13.8. The quantitative estimate of drug-likeness (QED) is 0.904. The molecule has 5 heteroatoms. The second-order valence-corrected chi connectivity index (χ2v) is 5.47. The monoisotopic (exact) mass is 322 g/mol. The molecule has 1 heterocycles. The Hall–Kier alpha value is -1.51. The van der Waals surface area contributed by atoms with Crippen molar-refractivity contribution in [1.82, 2.24) is 0 Å². The minimum atomic E-state index is 0.0708. The molecule has 0 bridgehead atoms. The highest BCUT2D eigenvalue weighted by atomic mass is 79.9. The van der Waals surface area contributed by atoms with Crippen LogP contribution < -0.4 is 10.1 Å². The van der Waals surface area contributed by atoms with E-state index in [0.717, 1.165) is 16.7 Å². The molecule has 1 aromatic heterocycles. The van der Waals surface area contributed by atoms with Gasteiger partial charge in [0.25, 0.3) is 0 Å². The summed E-state index contributed by atoms with van der Waals surface area (Å²) in [5.41, 5.74) is 0.981. The second-order valence-electron chi connectivity index (χ2n) is 3.56. The fraction of sp³-hybridized carbons (Fsp3) is 0.154. The first-order valence-electron chi connectivity index (χ1n) is 5.34. The van der Waals surface area contributed by atoms with E-state index in [9.17, 15) is 0 Å². The Kier molecular flexibility index (Phi) is 4.62. The molecule has 1 N–H and O–H groups in total. The summed E-state index contributed by atoms with van der Waals surface area (Å²) in [4.78, 5) is 1.25. The highest BCUT2D eigenvalue weighted by molar-refractivity contribution is 9.10. The maximum absolute atomic E-state index is 8.46. The molecule has 0 aliphatic rings. The summed E-state index contributed by atoms with van der Waals surface area (Å²) in [5.74, 6) is 0.703. The van der Waals surface area contributed by atoms with E-state index in [1.165, 1.54) is 4.88 Å². The Bertz CT molecular complexity index is 562. The highest BCUT2D eigenvalue weighted by Crippen LogP contribution is 2.22. The number of benzene rings is 1. The summed E-state index contributed by atoms with van der Waals surface area (Å²) in [6, 6.07) is 11.6. The normalized spacial score (nSPS) is 9.78. The van der Waals surface area contributed by atoms with Crippen molar-refractivity contribution in [3.8, 4) is 11.8 Å². The van der Waals surface area contributed by atoms with E-state index in [1.807, 2.05) is 30.3 Å². The Morgan fingerprint density at radius 1 is 1.39 bits per heavy atom. The van der Waals surface area contributed by atoms with Crippen molar-refractivity contribution in [2.45, 2.75) is 6.54 Å². The van der Waals surface area contributed by atoms with Crippen LogP contribution in [0.3, 0.4) is 0 Å². The fourth-order valence-electron chi connectivity index (χ4n) is 1.45. The lowest BCUT2D eigenvalue weighted by Crippen LogP contribution is -1.98. The van der Waals surface area contributed by atoms with Gasteiger partial charge in [-0.25, -0.2) is 0 Å². The van der Waals surface area contributed by atoms with E-state index in [2.05, 4.69) is 32.7 Å². The summed E-state index contributed by atoms with van der Waals surface area (Å²) in [6.07, 6.45) is 0. The van der Waals surface area contributed by atoms with Crippen LogP contribution in [0.15, 0.2) is 40.2 Å². The Labute approximate surface area is 118 Å². The largest absolute Gasteiger partial charge is 0.479 e. The van der Waals surface area contributed by atoms with E-state index in [0.29, 0.717) is 5.75 Å². The molecule has 2 rings (SSSR count). The van der Waals surface area contributed by atoms with Gasteiger partial charge in [-0.1, -0.05) is 6.07 Å². The van der Waals surface area contributed by atoms with Gasteiger partial charge in [0.2, 0.25) is 0 Å². The van der Waals surface area contributed by atoms with Gasteiger partial charge in [0, 0.05) is 33.0 Å². The molecule has 0 aliphatic heterocycles. The van der Waals surface area contributed by atoms with Crippen LogP contribution in [0.25, 0.3) is 0 Å². The molecule has 0 fully saturated rings. The van der Waals surface area contributed by atoms with Crippen molar-refractivity contribution < 1.29 is 4.74 Å². The van der Waals surface area contributed by atoms with Gasteiger partial charge in [-0.3, -0.25) is 0 Å². The Morgan fingerprint density at radius 3 is 3.00 bits per heavy atom. The molecule has 0 radical (unpaired) electrons. The molecule has 0 spiro atoms. The number of nitrogens with one attached hydrogen (secondary N) is 1. The van der Waals surface area contributed by atoms with Crippen LogP contribution in [-0.2, 0) is 6.54 Å². The van der Waals surface area contributed by atoms with Crippen molar-refractivity contribution in [1.29, 1.82) is 5.26 Å². The van der Waals surface area contributed by atoms with Crippen molar-refractivity contribution >= 4 is 33.0 Å². The van der Waals surface area contributed by atoms with Gasteiger partial charge in [0.1, 0.15) is 11.8 Å². The highest BCUT2D eigenvalue weighted by Gasteiger charge is 1.99. The van der Waals surface area contributed by atoms with E-state index in [-0.39, 0.29) is 6.61 Å². The van der Waals surface area contributed by atoms with Crippen molar-refractivity contribution in [3.05, 3.63) is 45.1 Å². The minimum Gasteiger partial charge on any atom is -0.479 e. The summed E-state index contributed by atoms with van der Waals surface area (Å²) < 4.78 is 6.35. The standard InChI is InChI=1S/C13H11BrN2OS/c14-10-6-13(18-9-10)8-16-11-2-1-3-12(7-11)17-5-4-15/h1-3,6-7,9,16H,5,8H2. The zero-order valence-electron chi connectivity index (χ0n) is 9.52. The van der Waals surface area contributed by atoms with Gasteiger partial charge in [-0.05, 0) is 34.1 Å². The number of ether oxygens (including phenoxy) is 1. The van der Waals surface area contributed by atoms with Crippen LogP contribution >= 0.6 is 27.3 Å². The predicted molar refractivity (Wildman–Crippen MR) is 76.9 cm³/mol. The van der Waals surface area contributed by atoms with E-state index < -0.39 is 0 Å². The summed E-state index contributed by atoms with van der Waals surface area (Å²) in [7, 11) is 0. The zero-order chi connectivity index (χ0) is 12.8. The Morgan fingerprint density at radius 2 is 2.28 bits per heavy atom. The van der Waals surface area contributed by atoms with Crippen molar-refractivity contribution in [3.63, 3.8) is 0 Å². The maximum Gasteiger partial charge on any atom is 0.174 e. The average Bonchev–Trinajstić information content (AvgIpc) is 2.80. The van der Waals surface area contributed by atoms with Crippen molar-refractivity contribution in [2.75, 3.05) is 11.9 Å². The van der Waals surface area contributed by atoms with E-state index >= 15 is 0 Å². The minimum absolute atomic E-state index is 0.0708. The maximum atomic E-state index is 8.46. The van der Waals surface area contributed by atoms with Gasteiger partial charge >= 0.3 is 0 Å². The van der Waals surface area contributed by atoms with Gasteiger partial charge in [0.05, 0.1) is 0 Å².